The highest BCUT2D eigenvalue weighted by molar-refractivity contribution is 7.07. The summed E-state index contributed by atoms with van der Waals surface area (Å²) in [6.45, 7) is 3.60. The Kier molecular flexibility index (Phi) is 8.06. The van der Waals surface area contributed by atoms with Gasteiger partial charge in [0.2, 0.25) is 0 Å². The molecule has 1 aliphatic rings. The molecule has 6 rings (SSSR count). The van der Waals surface area contributed by atoms with Gasteiger partial charge in [0, 0.05) is 17.2 Å². The van der Waals surface area contributed by atoms with Crippen molar-refractivity contribution in [2.75, 3.05) is 13.7 Å². The van der Waals surface area contributed by atoms with Gasteiger partial charge in [-0.2, -0.15) is 0 Å². The zero-order chi connectivity index (χ0) is 31.7. The monoisotopic (exact) mass is 620 g/mol. The number of nitrogens with zero attached hydrogens (tertiary/aromatic N) is 2. The van der Waals surface area contributed by atoms with Crippen LogP contribution < -0.4 is 19.6 Å². The first-order chi connectivity index (χ1) is 21.8. The number of methoxy groups -OCH3 is 1. The molecule has 0 unspecified atom stereocenters. The number of hydrogen-bond acceptors (Lipinski definition) is 8. The van der Waals surface area contributed by atoms with Gasteiger partial charge in [-0.15, -0.1) is 0 Å². The molecule has 1 atom stereocenters. The summed E-state index contributed by atoms with van der Waals surface area (Å²) in [7, 11) is 1.55. The number of ether oxygens (including phenoxy) is 2. The number of furan rings is 1. The lowest BCUT2D eigenvalue weighted by atomic mass is 9.93. The Labute approximate surface area is 261 Å². The van der Waals surface area contributed by atoms with Crippen molar-refractivity contribution < 1.29 is 28.6 Å². The van der Waals surface area contributed by atoms with Gasteiger partial charge < -0.3 is 19.0 Å². The second-order valence-corrected chi connectivity index (χ2v) is 11.2. The van der Waals surface area contributed by atoms with Crippen molar-refractivity contribution >= 4 is 35.0 Å². The molecule has 0 fully saturated rings. The van der Waals surface area contributed by atoms with E-state index in [2.05, 4.69) is 0 Å². The summed E-state index contributed by atoms with van der Waals surface area (Å²) >= 11 is 1.18. The van der Waals surface area contributed by atoms with Crippen LogP contribution in [-0.2, 0) is 9.53 Å². The first-order valence-electron chi connectivity index (χ1n) is 14.2. The lowest BCUT2D eigenvalue weighted by Gasteiger charge is -2.26. The van der Waals surface area contributed by atoms with E-state index in [-0.39, 0.29) is 23.3 Å². The quantitative estimate of drug-likeness (QED) is 0.237. The molecule has 3 aromatic carbocycles. The van der Waals surface area contributed by atoms with Crippen molar-refractivity contribution in [3.05, 3.63) is 138 Å². The normalized spacial score (nSPS) is 14.6. The minimum Gasteiger partial charge on any atom is -0.497 e. The SMILES string of the molecule is CCOC(=O)C1=C(c2ccccc2)N=c2s/c(=C\c3ccc(-c4cccc(C(=O)O)c4C)o3)c(=O)n2[C@@H]1c1cccc(OC)c1. The fraction of sp³-hybridized carbons (Fsp3) is 0.143. The Balaban J connectivity index is 1.55. The first kappa shape index (κ1) is 29.6. The summed E-state index contributed by atoms with van der Waals surface area (Å²) in [4.78, 5) is 44.7. The predicted octanol–water partition coefficient (Wildman–Crippen LogP) is 5.21. The highest BCUT2D eigenvalue weighted by Crippen LogP contribution is 2.36. The van der Waals surface area contributed by atoms with Gasteiger partial charge in [-0.05, 0) is 55.3 Å². The van der Waals surface area contributed by atoms with Crippen molar-refractivity contribution in [1.82, 2.24) is 4.57 Å². The molecule has 0 saturated carbocycles. The minimum atomic E-state index is -1.02. The van der Waals surface area contributed by atoms with Crippen LogP contribution in [0.15, 0.2) is 105 Å². The van der Waals surface area contributed by atoms with Crippen molar-refractivity contribution in [1.29, 1.82) is 0 Å². The third-order valence-electron chi connectivity index (χ3n) is 7.51. The number of thiazole rings is 1. The Morgan fingerprint density at radius 1 is 1.04 bits per heavy atom. The molecule has 2 aromatic heterocycles. The number of hydrogen-bond donors (Lipinski definition) is 1. The maximum absolute atomic E-state index is 14.1. The molecule has 0 amide bonds. The van der Waals surface area contributed by atoms with E-state index < -0.39 is 18.0 Å². The second-order valence-electron chi connectivity index (χ2n) is 10.2. The third-order valence-corrected chi connectivity index (χ3v) is 8.50. The lowest BCUT2D eigenvalue weighted by molar-refractivity contribution is -0.138. The number of fused-ring (bicyclic) bond motifs is 1. The standard InChI is InChI=1S/C35H28N2O7S/c1-4-43-34(41)29-30(21-10-6-5-7-11-21)36-35-37(31(29)22-12-8-13-23(18-22)42-3)32(38)28(45-35)19-24-16-17-27(44-24)25-14-9-15-26(20(25)2)33(39)40/h5-19,31H,4H2,1-3H3,(H,39,40)/b28-19-/t31-/m1/s1. The van der Waals surface area contributed by atoms with Crippen LogP contribution in [0.4, 0.5) is 0 Å². The van der Waals surface area contributed by atoms with Crippen LogP contribution in [-0.4, -0.2) is 35.3 Å². The van der Waals surface area contributed by atoms with Gasteiger partial charge in [0.15, 0.2) is 4.80 Å². The van der Waals surface area contributed by atoms with Crippen LogP contribution >= 0.6 is 11.3 Å². The molecule has 0 bridgehead atoms. The van der Waals surface area contributed by atoms with Crippen LogP contribution in [0.2, 0.25) is 0 Å². The van der Waals surface area contributed by atoms with Crippen molar-refractivity contribution in [3.63, 3.8) is 0 Å². The molecule has 1 N–H and O–H groups in total. The molecule has 226 valence electrons. The molecule has 10 heteroatoms. The van der Waals surface area contributed by atoms with Crippen LogP contribution in [0, 0.1) is 6.92 Å². The third kappa shape index (κ3) is 5.51. The molecule has 5 aromatic rings. The average molecular weight is 621 g/mol. The maximum Gasteiger partial charge on any atom is 0.338 e. The maximum atomic E-state index is 14.1. The fourth-order valence-electron chi connectivity index (χ4n) is 5.41. The number of esters is 1. The number of rotatable bonds is 8. The minimum absolute atomic E-state index is 0.148. The molecule has 0 spiro atoms. The van der Waals surface area contributed by atoms with Crippen molar-refractivity contribution in [2.24, 2.45) is 4.99 Å². The number of benzene rings is 3. The molecule has 3 heterocycles. The van der Waals surface area contributed by atoms with Gasteiger partial charge in [-0.1, -0.05) is 65.9 Å². The van der Waals surface area contributed by atoms with Crippen molar-refractivity contribution in [3.8, 4) is 17.1 Å². The van der Waals surface area contributed by atoms with E-state index in [4.69, 9.17) is 18.9 Å². The van der Waals surface area contributed by atoms with Crippen molar-refractivity contribution in [2.45, 2.75) is 19.9 Å². The lowest BCUT2D eigenvalue weighted by Crippen LogP contribution is -2.40. The van der Waals surface area contributed by atoms with Gasteiger partial charge >= 0.3 is 11.9 Å². The Morgan fingerprint density at radius 3 is 2.56 bits per heavy atom. The van der Waals surface area contributed by atoms with E-state index in [0.29, 0.717) is 54.6 Å². The average Bonchev–Trinajstić information content (AvgIpc) is 3.64. The second kappa shape index (κ2) is 12.3. The van der Waals surface area contributed by atoms with E-state index in [0.717, 1.165) is 0 Å². The van der Waals surface area contributed by atoms with Gasteiger partial charge in [0.05, 0.1) is 41.1 Å². The summed E-state index contributed by atoms with van der Waals surface area (Å²) < 4.78 is 18.9. The van der Waals surface area contributed by atoms with Gasteiger partial charge in [-0.3, -0.25) is 9.36 Å². The zero-order valence-electron chi connectivity index (χ0n) is 24.6. The van der Waals surface area contributed by atoms with E-state index in [1.165, 1.54) is 15.9 Å². The van der Waals surface area contributed by atoms with E-state index in [1.807, 2.05) is 36.4 Å². The molecular formula is C35H28N2O7S. The van der Waals surface area contributed by atoms with E-state index in [1.54, 1.807) is 75.6 Å². The zero-order valence-corrected chi connectivity index (χ0v) is 25.5. The topological polar surface area (TPSA) is 120 Å². The summed E-state index contributed by atoms with van der Waals surface area (Å²) in [5.74, 6) is -0.149. The smallest absolute Gasteiger partial charge is 0.338 e. The Bertz CT molecular complexity index is 2160. The highest BCUT2D eigenvalue weighted by atomic mass is 32.1. The van der Waals surface area contributed by atoms with Gasteiger partial charge in [0.25, 0.3) is 5.56 Å². The molecule has 9 nitrogen and oxygen atoms in total. The van der Waals surface area contributed by atoms with E-state index >= 15 is 0 Å². The van der Waals surface area contributed by atoms with Crippen LogP contribution in [0.1, 0.15) is 45.8 Å². The van der Waals surface area contributed by atoms with Crippen LogP contribution in [0.3, 0.4) is 0 Å². The molecule has 0 aliphatic carbocycles. The molecule has 45 heavy (non-hydrogen) atoms. The van der Waals surface area contributed by atoms with Gasteiger partial charge in [0.1, 0.15) is 17.3 Å². The molecule has 0 saturated heterocycles. The Morgan fingerprint density at radius 2 is 1.82 bits per heavy atom. The molecule has 1 aliphatic heterocycles. The number of aromatic carboxylic acids is 1. The van der Waals surface area contributed by atoms with E-state index in [9.17, 15) is 19.5 Å². The summed E-state index contributed by atoms with van der Waals surface area (Å²) in [5.41, 5.74) is 3.06. The number of carboxylic acid groups (broad SMARTS) is 1. The fourth-order valence-corrected chi connectivity index (χ4v) is 6.39. The molecule has 0 radical (unpaired) electrons. The number of carbonyl (C=O) groups is 2. The number of aromatic nitrogens is 1. The first-order valence-corrected chi connectivity index (χ1v) is 15.0. The summed E-state index contributed by atoms with van der Waals surface area (Å²) in [6, 6.07) is 24.2. The molecular weight excluding hydrogens is 592 g/mol. The van der Waals surface area contributed by atoms with Crippen LogP contribution in [0.25, 0.3) is 23.1 Å². The predicted molar refractivity (Wildman–Crippen MR) is 170 cm³/mol. The van der Waals surface area contributed by atoms with Gasteiger partial charge in [-0.25, -0.2) is 14.6 Å². The number of carbonyl (C=O) groups excluding carboxylic acids is 1. The summed E-state index contributed by atoms with van der Waals surface area (Å²) in [6.07, 6.45) is 1.63. The number of carboxylic acids is 1. The summed E-state index contributed by atoms with van der Waals surface area (Å²) in [5, 5.41) is 9.53. The largest absolute Gasteiger partial charge is 0.497 e. The Hall–Kier alpha value is -5.48. The van der Waals surface area contributed by atoms with Crippen LogP contribution in [0.5, 0.6) is 5.75 Å². The highest BCUT2D eigenvalue weighted by Gasteiger charge is 2.35.